The van der Waals surface area contributed by atoms with Crippen LogP contribution in [0.15, 0.2) is 24.3 Å². The molecule has 0 nitrogen and oxygen atoms in total. The summed E-state index contributed by atoms with van der Waals surface area (Å²) >= 11 is -3.29. The second-order valence-electron chi connectivity index (χ2n) is 2.06. The van der Waals surface area contributed by atoms with Crippen LogP contribution in [0.1, 0.15) is 6.92 Å². The van der Waals surface area contributed by atoms with Gasteiger partial charge in [-0.3, -0.25) is 0 Å². The van der Waals surface area contributed by atoms with Crippen molar-refractivity contribution in [2.45, 2.75) is 6.92 Å². The van der Waals surface area contributed by atoms with Crippen LogP contribution in [0.25, 0.3) is 0 Å². The molecule has 0 aliphatic heterocycles. The zero-order valence-corrected chi connectivity index (χ0v) is 11.4. The number of hydrogen-bond donors (Lipinski definition) is 0. The Bertz CT molecular complexity index is 140. The summed E-state index contributed by atoms with van der Waals surface area (Å²) in [5.41, 5.74) is 0. The summed E-state index contributed by atoms with van der Waals surface area (Å²) in [6.07, 6.45) is 8.48. The number of hydrogen-bond acceptors (Lipinski definition) is 0. The summed E-state index contributed by atoms with van der Waals surface area (Å²) in [6, 6.07) is 0. The first-order valence-electron chi connectivity index (χ1n) is 3.00. The molecule has 1 rings (SSSR count). The van der Waals surface area contributed by atoms with Gasteiger partial charge in [0.15, 0.2) is 0 Å². The van der Waals surface area contributed by atoms with E-state index in [0.29, 0.717) is 5.92 Å². The van der Waals surface area contributed by atoms with Gasteiger partial charge >= 0.3 is 49.5 Å². The molecule has 0 saturated carbocycles. The fourth-order valence-electron chi connectivity index (χ4n) is 0.543. The number of halogens is 4. The maximum absolute atomic E-state index is 5.04. The van der Waals surface area contributed by atoms with Crippen LogP contribution in [-0.4, -0.2) is 0 Å². The molecule has 0 N–H and O–H groups in total. The van der Waals surface area contributed by atoms with Crippen LogP contribution in [-0.2, 0) is 15.5 Å². The van der Waals surface area contributed by atoms with Crippen molar-refractivity contribution in [2.75, 3.05) is 0 Å². The van der Waals surface area contributed by atoms with Gasteiger partial charge < -0.3 is 0 Å². The van der Waals surface area contributed by atoms with Gasteiger partial charge in [-0.15, -0.1) is 0 Å². The molecule has 0 fully saturated rings. The number of rotatable bonds is 0. The SMILES string of the molecule is CC1C=CC=C1.[Cl][Zr]([Cl])([Cl])[Cl]. The Labute approximate surface area is 85.8 Å². The van der Waals surface area contributed by atoms with E-state index in [-0.39, 0.29) is 0 Å². The molecule has 0 radical (unpaired) electrons. The molecule has 11 heavy (non-hydrogen) atoms. The van der Waals surface area contributed by atoms with Gasteiger partial charge in [-0.2, -0.15) is 0 Å². The third-order valence-corrected chi connectivity index (χ3v) is 0.940. The molecule has 0 amide bonds. The summed E-state index contributed by atoms with van der Waals surface area (Å²) in [6.45, 7) is 2.17. The summed E-state index contributed by atoms with van der Waals surface area (Å²) in [5.74, 6) is 0.685. The summed E-state index contributed by atoms with van der Waals surface area (Å²) in [4.78, 5) is 0. The summed E-state index contributed by atoms with van der Waals surface area (Å²) < 4.78 is 0. The molecule has 1 aliphatic carbocycles. The van der Waals surface area contributed by atoms with E-state index in [0.717, 1.165) is 0 Å². The van der Waals surface area contributed by atoms with Gasteiger partial charge in [0.05, 0.1) is 0 Å². The Hall–Kier alpha value is 1.52. The predicted octanol–water partition coefficient (Wildman–Crippen LogP) is 4.50. The average molecular weight is 313 g/mol. The first-order chi connectivity index (χ1) is 4.89. The zero-order valence-electron chi connectivity index (χ0n) is 5.90. The monoisotopic (exact) mass is 310 g/mol. The fourth-order valence-corrected chi connectivity index (χ4v) is 0.543. The predicted molar refractivity (Wildman–Crippen MR) is 50.9 cm³/mol. The Kier molecular flexibility index (Phi) is 6.89. The van der Waals surface area contributed by atoms with E-state index in [1.54, 1.807) is 0 Å². The Morgan fingerprint density at radius 3 is 1.36 bits per heavy atom. The zero-order chi connectivity index (χ0) is 8.91. The molecule has 0 aromatic heterocycles. The van der Waals surface area contributed by atoms with Crippen molar-refractivity contribution in [3.63, 3.8) is 0 Å². The molecule has 0 atom stereocenters. The molecule has 5 heteroatoms. The number of allylic oxidation sites excluding steroid dienone is 4. The molecule has 0 aromatic rings. The molecular formula is C6H8Cl4Zr. The van der Waals surface area contributed by atoms with E-state index in [1.807, 2.05) is 0 Å². The summed E-state index contributed by atoms with van der Waals surface area (Å²) in [7, 11) is 20.1. The van der Waals surface area contributed by atoms with Crippen LogP contribution in [0.2, 0.25) is 0 Å². The van der Waals surface area contributed by atoms with Gasteiger partial charge in [-0.1, -0.05) is 31.2 Å². The van der Waals surface area contributed by atoms with E-state index in [2.05, 4.69) is 31.2 Å². The van der Waals surface area contributed by atoms with Crippen LogP contribution in [0.4, 0.5) is 0 Å². The van der Waals surface area contributed by atoms with Crippen LogP contribution in [0.3, 0.4) is 0 Å². The molecule has 1 aliphatic rings. The molecule has 64 valence electrons. The van der Waals surface area contributed by atoms with Crippen LogP contribution in [0, 0.1) is 5.92 Å². The van der Waals surface area contributed by atoms with Crippen molar-refractivity contribution in [1.82, 2.24) is 0 Å². The van der Waals surface area contributed by atoms with E-state index in [1.165, 1.54) is 0 Å². The van der Waals surface area contributed by atoms with Crippen molar-refractivity contribution in [3.8, 4) is 0 Å². The first-order valence-corrected chi connectivity index (χ1v) is 15.7. The second-order valence-corrected chi connectivity index (χ2v) is 24.4. The van der Waals surface area contributed by atoms with Gasteiger partial charge in [-0.25, -0.2) is 0 Å². The summed E-state index contributed by atoms with van der Waals surface area (Å²) in [5, 5.41) is 0. The molecule has 0 saturated heterocycles. The van der Waals surface area contributed by atoms with Gasteiger partial charge in [0, 0.05) is 0 Å². The van der Waals surface area contributed by atoms with Gasteiger partial charge in [0.25, 0.3) is 0 Å². The topological polar surface area (TPSA) is 0 Å². The van der Waals surface area contributed by atoms with E-state index >= 15 is 0 Å². The normalized spacial score (nSPS) is 16.5. The van der Waals surface area contributed by atoms with Crippen LogP contribution in [0.5, 0.6) is 0 Å². The van der Waals surface area contributed by atoms with Gasteiger partial charge in [-0.05, 0) is 5.92 Å². The van der Waals surface area contributed by atoms with Crippen molar-refractivity contribution < 1.29 is 15.5 Å². The third-order valence-electron chi connectivity index (χ3n) is 0.940. The third kappa shape index (κ3) is 14.4. The van der Waals surface area contributed by atoms with Crippen molar-refractivity contribution in [1.29, 1.82) is 0 Å². The molecular weight excluding hydrogens is 305 g/mol. The van der Waals surface area contributed by atoms with E-state index in [4.69, 9.17) is 34.1 Å². The van der Waals surface area contributed by atoms with Crippen molar-refractivity contribution in [3.05, 3.63) is 24.3 Å². The minimum atomic E-state index is -3.29. The van der Waals surface area contributed by atoms with Gasteiger partial charge in [0.2, 0.25) is 0 Å². The van der Waals surface area contributed by atoms with E-state index < -0.39 is 15.5 Å². The molecule has 0 heterocycles. The quantitative estimate of drug-likeness (QED) is 0.617. The average Bonchev–Trinajstić information content (AvgIpc) is 2.12. The molecule has 0 unspecified atom stereocenters. The van der Waals surface area contributed by atoms with Gasteiger partial charge in [0.1, 0.15) is 0 Å². The van der Waals surface area contributed by atoms with Crippen molar-refractivity contribution in [2.24, 2.45) is 5.92 Å². The Balaban J connectivity index is 0.000000187. The Morgan fingerprint density at radius 2 is 1.27 bits per heavy atom. The fraction of sp³-hybridized carbons (Fsp3) is 0.333. The molecule has 0 spiro atoms. The van der Waals surface area contributed by atoms with E-state index in [9.17, 15) is 0 Å². The van der Waals surface area contributed by atoms with Crippen LogP contribution >= 0.6 is 34.1 Å². The molecule has 0 aromatic carbocycles. The second kappa shape index (κ2) is 6.05. The molecule has 0 bridgehead atoms. The standard InChI is InChI=1S/C6H8.4ClH.Zr/c1-6-4-2-3-5-6;;;;;/h2-6H,1H3;4*1H;/q;;;;;+4/p-4. The Morgan fingerprint density at radius 1 is 1.00 bits per heavy atom. The first kappa shape index (κ1) is 12.5. The van der Waals surface area contributed by atoms with Crippen LogP contribution < -0.4 is 0 Å². The van der Waals surface area contributed by atoms with Crippen molar-refractivity contribution >= 4 is 34.1 Å². The maximum atomic E-state index is 5.04. The minimum absolute atomic E-state index is 0.685.